The van der Waals surface area contributed by atoms with Crippen LogP contribution in [0.2, 0.25) is 0 Å². The van der Waals surface area contributed by atoms with Crippen LogP contribution in [0.1, 0.15) is 29.5 Å². The maximum atomic E-state index is 4.82. The van der Waals surface area contributed by atoms with Gasteiger partial charge in [-0.15, -0.1) is 0 Å². The van der Waals surface area contributed by atoms with Gasteiger partial charge in [0.05, 0.1) is 0 Å². The van der Waals surface area contributed by atoms with Gasteiger partial charge in [-0.05, 0) is 60.6 Å². The van der Waals surface area contributed by atoms with Crippen LogP contribution in [0.3, 0.4) is 0 Å². The molecule has 0 saturated heterocycles. The first-order valence-electron chi connectivity index (χ1n) is 9.93. The van der Waals surface area contributed by atoms with Gasteiger partial charge in [-0.2, -0.15) is 0 Å². The molecule has 4 aliphatic heterocycles. The van der Waals surface area contributed by atoms with Crippen molar-refractivity contribution in [3.63, 3.8) is 0 Å². The van der Waals surface area contributed by atoms with Gasteiger partial charge < -0.3 is 9.80 Å². The predicted molar refractivity (Wildman–Crippen MR) is 104 cm³/mol. The minimum Gasteiger partial charge on any atom is -0.301 e. The summed E-state index contributed by atoms with van der Waals surface area (Å²) in [4.78, 5) is 14.6. The fourth-order valence-corrected chi connectivity index (χ4v) is 7.02. The largest absolute Gasteiger partial charge is 0.301 e. The number of hydrogen-bond acceptors (Lipinski definition) is 4. The highest BCUT2D eigenvalue weighted by Crippen LogP contribution is 2.73. The molecular formula is C23H18N4. The zero-order chi connectivity index (χ0) is 17.4. The molecule has 27 heavy (non-hydrogen) atoms. The minimum absolute atomic E-state index is 0.217. The summed E-state index contributed by atoms with van der Waals surface area (Å²) in [5, 5.41) is 0. The Labute approximate surface area is 157 Å². The van der Waals surface area contributed by atoms with Crippen molar-refractivity contribution in [3.8, 4) is 0 Å². The Morgan fingerprint density at radius 1 is 0.815 bits per heavy atom. The second-order valence-electron chi connectivity index (χ2n) is 8.93. The van der Waals surface area contributed by atoms with E-state index >= 15 is 0 Å². The SMILES string of the molecule is c1cnc2c(n1)N1c3ccc(cc3)CC34CCC35Cc3ccc(c5c3)N2C14. The zero-order valence-electron chi connectivity index (χ0n) is 14.9. The number of hydrogen-bond donors (Lipinski definition) is 0. The van der Waals surface area contributed by atoms with Crippen LogP contribution in [0, 0.1) is 5.41 Å². The molecule has 0 amide bonds. The molecule has 2 aromatic carbocycles. The van der Waals surface area contributed by atoms with E-state index in [-0.39, 0.29) is 17.0 Å². The van der Waals surface area contributed by atoms with E-state index in [2.05, 4.69) is 52.3 Å². The first-order valence-corrected chi connectivity index (χ1v) is 9.93. The predicted octanol–water partition coefficient (Wildman–Crippen LogP) is 4.24. The summed E-state index contributed by atoms with van der Waals surface area (Å²) in [6.45, 7) is 0. The molecule has 1 fully saturated rings. The summed E-state index contributed by atoms with van der Waals surface area (Å²) in [7, 11) is 0. The minimum atomic E-state index is 0.217. The molecule has 0 N–H and O–H groups in total. The zero-order valence-corrected chi connectivity index (χ0v) is 14.9. The van der Waals surface area contributed by atoms with Gasteiger partial charge >= 0.3 is 0 Å². The van der Waals surface area contributed by atoms with Gasteiger partial charge in [0.15, 0.2) is 11.6 Å². The topological polar surface area (TPSA) is 32.3 Å². The van der Waals surface area contributed by atoms with Crippen molar-refractivity contribution in [2.24, 2.45) is 5.41 Å². The average molecular weight is 350 g/mol. The molecule has 1 saturated carbocycles. The smallest absolute Gasteiger partial charge is 0.178 e. The fourth-order valence-electron chi connectivity index (χ4n) is 7.02. The van der Waals surface area contributed by atoms with E-state index in [9.17, 15) is 0 Å². The molecule has 4 nitrogen and oxygen atoms in total. The maximum Gasteiger partial charge on any atom is 0.178 e. The van der Waals surface area contributed by atoms with Crippen LogP contribution < -0.4 is 9.80 Å². The van der Waals surface area contributed by atoms with E-state index in [1.807, 2.05) is 12.4 Å². The summed E-state index contributed by atoms with van der Waals surface area (Å²) in [5.74, 6) is 2.03. The molecular weight excluding hydrogens is 332 g/mol. The number of fused-ring (bicyclic) bond motifs is 6. The lowest BCUT2D eigenvalue weighted by atomic mass is 9.42. The second kappa shape index (κ2) is 3.86. The third-order valence-corrected chi connectivity index (χ3v) is 8.13. The Balaban J connectivity index is 1.55. The number of nitrogens with zero attached hydrogens (tertiary/aromatic N) is 4. The normalized spacial score (nSPS) is 32.4. The van der Waals surface area contributed by atoms with Crippen LogP contribution in [0.4, 0.5) is 23.0 Å². The Morgan fingerprint density at radius 3 is 2.37 bits per heavy atom. The quantitative estimate of drug-likeness (QED) is 0.607. The molecule has 9 rings (SSSR count). The molecule has 3 aromatic rings. The number of rotatable bonds is 0. The molecule has 0 radical (unpaired) electrons. The Bertz CT molecular complexity index is 1170. The van der Waals surface area contributed by atoms with Crippen LogP contribution in [-0.4, -0.2) is 16.1 Å². The molecule has 4 bridgehead atoms. The molecule has 6 aliphatic rings. The van der Waals surface area contributed by atoms with E-state index in [0.717, 1.165) is 18.1 Å². The summed E-state index contributed by atoms with van der Waals surface area (Å²) in [6, 6.07) is 16.3. The molecule has 4 heteroatoms. The van der Waals surface area contributed by atoms with Gasteiger partial charge in [-0.1, -0.05) is 24.3 Å². The number of anilines is 4. The Hall–Kier alpha value is -2.88. The van der Waals surface area contributed by atoms with E-state index in [1.165, 1.54) is 41.8 Å². The molecule has 130 valence electrons. The van der Waals surface area contributed by atoms with Crippen molar-refractivity contribution in [1.29, 1.82) is 0 Å². The van der Waals surface area contributed by atoms with Gasteiger partial charge in [-0.25, -0.2) is 9.97 Å². The van der Waals surface area contributed by atoms with Gasteiger partial charge in [0.1, 0.15) is 6.17 Å². The van der Waals surface area contributed by atoms with Crippen molar-refractivity contribution >= 4 is 23.0 Å². The van der Waals surface area contributed by atoms with Gasteiger partial charge in [0.2, 0.25) is 0 Å². The van der Waals surface area contributed by atoms with Crippen LogP contribution in [0.15, 0.2) is 54.9 Å². The van der Waals surface area contributed by atoms with E-state index in [0.29, 0.717) is 0 Å². The Morgan fingerprint density at radius 2 is 1.59 bits per heavy atom. The van der Waals surface area contributed by atoms with Crippen molar-refractivity contribution in [2.75, 3.05) is 9.80 Å². The highest BCUT2D eigenvalue weighted by atomic mass is 15.5. The van der Waals surface area contributed by atoms with E-state index in [1.54, 1.807) is 5.56 Å². The molecule has 3 unspecified atom stereocenters. The first kappa shape index (κ1) is 13.3. The number of aromatic nitrogens is 2. The number of benzene rings is 2. The third-order valence-electron chi connectivity index (χ3n) is 8.13. The standard InChI is InChI=1S/C23H18N4/c1-4-16-5-2-14(1)12-23-8-7-22(23)13-15-3-6-18(17(22)11-15)27-20-19(24-9-10-25-20)26(16)21(23)27/h1-6,9-11,21H,7-8,12-13H2. The Kier molecular flexibility index (Phi) is 1.90. The molecule has 1 aromatic heterocycles. The van der Waals surface area contributed by atoms with E-state index in [4.69, 9.17) is 9.97 Å². The van der Waals surface area contributed by atoms with Gasteiger partial charge in [-0.3, -0.25) is 0 Å². The monoisotopic (exact) mass is 350 g/mol. The van der Waals surface area contributed by atoms with Crippen LogP contribution in [-0.2, 0) is 18.3 Å². The molecule has 5 heterocycles. The lowest BCUT2D eigenvalue weighted by molar-refractivity contribution is -0.0351. The van der Waals surface area contributed by atoms with Crippen LogP contribution >= 0.6 is 0 Å². The summed E-state index contributed by atoms with van der Waals surface area (Å²) < 4.78 is 0. The second-order valence-corrected chi connectivity index (χ2v) is 8.93. The lowest BCUT2D eigenvalue weighted by Gasteiger charge is -2.67. The van der Waals surface area contributed by atoms with Crippen LogP contribution in [0.25, 0.3) is 0 Å². The average Bonchev–Trinajstić information content (AvgIpc) is 3.19. The van der Waals surface area contributed by atoms with Crippen molar-refractivity contribution < 1.29 is 0 Å². The highest BCUT2D eigenvalue weighted by molar-refractivity contribution is 5.88. The van der Waals surface area contributed by atoms with Crippen molar-refractivity contribution in [1.82, 2.24) is 9.97 Å². The summed E-state index contributed by atoms with van der Waals surface area (Å²) in [6.07, 6.45) is 8.86. The summed E-state index contributed by atoms with van der Waals surface area (Å²) >= 11 is 0. The van der Waals surface area contributed by atoms with Crippen LogP contribution in [0.5, 0.6) is 0 Å². The lowest BCUT2D eigenvalue weighted by Crippen LogP contribution is -2.70. The fraction of sp³-hybridized carbons (Fsp3) is 0.304. The highest BCUT2D eigenvalue weighted by Gasteiger charge is 2.72. The summed E-state index contributed by atoms with van der Waals surface area (Å²) in [5.41, 5.74) is 7.65. The molecule has 2 spiro atoms. The van der Waals surface area contributed by atoms with E-state index < -0.39 is 0 Å². The van der Waals surface area contributed by atoms with Crippen molar-refractivity contribution in [3.05, 3.63) is 71.5 Å². The van der Waals surface area contributed by atoms with Crippen molar-refractivity contribution in [2.45, 2.75) is 37.3 Å². The molecule has 3 atom stereocenters. The molecule has 2 aliphatic carbocycles. The van der Waals surface area contributed by atoms with Gasteiger partial charge in [0.25, 0.3) is 0 Å². The van der Waals surface area contributed by atoms with Gasteiger partial charge in [0, 0.05) is 34.6 Å². The third kappa shape index (κ3) is 1.19. The first-order chi connectivity index (χ1) is 13.3. The maximum absolute atomic E-state index is 4.82.